The molecule has 2 N–H and O–H groups in total. The molecule has 0 saturated carbocycles. The van der Waals surface area contributed by atoms with Crippen LogP contribution in [-0.4, -0.2) is 30.7 Å². The molecule has 22 heavy (non-hydrogen) atoms. The summed E-state index contributed by atoms with van der Waals surface area (Å²) >= 11 is 0. The summed E-state index contributed by atoms with van der Waals surface area (Å²) in [5.74, 6) is 1.92. The minimum Gasteiger partial charge on any atom is -0.493 e. The summed E-state index contributed by atoms with van der Waals surface area (Å²) in [6.45, 7) is 2.63. The highest BCUT2D eigenvalue weighted by Gasteiger charge is 2.05. The van der Waals surface area contributed by atoms with Crippen molar-refractivity contribution in [2.24, 2.45) is 0 Å². The van der Waals surface area contributed by atoms with E-state index in [9.17, 15) is 4.79 Å². The van der Waals surface area contributed by atoms with Gasteiger partial charge in [0, 0.05) is 18.3 Å². The molecule has 0 saturated heterocycles. The van der Waals surface area contributed by atoms with Crippen LogP contribution in [0, 0.1) is 0 Å². The summed E-state index contributed by atoms with van der Waals surface area (Å²) in [6, 6.07) is 7.33. The van der Waals surface area contributed by atoms with Crippen LogP contribution in [0.1, 0.15) is 18.2 Å². The van der Waals surface area contributed by atoms with Crippen molar-refractivity contribution in [3.05, 3.63) is 45.9 Å². The van der Waals surface area contributed by atoms with E-state index in [2.05, 4.69) is 15.3 Å². The molecule has 1 aromatic heterocycles. The molecule has 6 nitrogen and oxygen atoms in total. The Labute approximate surface area is 129 Å². The number of H-pyrrole nitrogens is 1. The predicted molar refractivity (Wildman–Crippen MR) is 86.0 cm³/mol. The second-order valence-electron chi connectivity index (χ2n) is 4.81. The number of nitrogens with one attached hydrogen (secondary N) is 2. The van der Waals surface area contributed by atoms with E-state index in [0.29, 0.717) is 24.0 Å². The molecule has 0 atom stereocenters. The van der Waals surface area contributed by atoms with Gasteiger partial charge in [-0.15, -0.1) is 0 Å². The van der Waals surface area contributed by atoms with Crippen LogP contribution in [0.25, 0.3) is 0 Å². The summed E-state index contributed by atoms with van der Waals surface area (Å²) in [5.41, 5.74) is 1.75. The van der Waals surface area contributed by atoms with Crippen LogP contribution in [-0.2, 0) is 12.8 Å². The highest BCUT2D eigenvalue weighted by Crippen LogP contribution is 2.27. The van der Waals surface area contributed by atoms with Crippen molar-refractivity contribution in [1.29, 1.82) is 0 Å². The molecular formula is C16H21N3O3. The summed E-state index contributed by atoms with van der Waals surface area (Å²) in [4.78, 5) is 18.5. The zero-order chi connectivity index (χ0) is 15.9. The number of nitrogens with zero attached hydrogens (tertiary/aromatic N) is 1. The number of aromatic amines is 1. The lowest BCUT2D eigenvalue weighted by molar-refractivity contribution is 0.354. The van der Waals surface area contributed by atoms with Crippen LogP contribution >= 0.6 is 0 Å². The molecule has 118 valence electrons. The van der Waals surface area contributed by atoms with Crippen LogP contribution in [0.3, 0.4) is 0 Å². The Morgan fingerprint density at radius 1 is 1.18 bits per heavy atom. The van der Waals surface area contributed by atoms with Crippen LogP contribution in [0.4, 0.5) is 5.95 Å². The van der Waals surface area contributed by atoms with E-state index in [-0.39, 0.29) is 5.56 Å². The Kier molecular flexibility index (Phi) is 5.41. The van der Waals surface area contributed by atoms with Gasteiger partial charge in [0.15, 0.2) is 11.5 Å². The number of anilines is 1. The first-order chi connectivity index (χ1) is 10.7. The number of methoxy groups -OCH3 is 2. The zero-order valence-corrected chi connectivity index (χ0v) is 13.1. The van der Waals surface area contributed by atoms with Crippen molar-refractivity contribution in [1.82, 2.24) is 9.97 Å². The second kappa shape index (κ2) is 7.49. The van der Waals surface area contributed by atoms with Crippen LogP contribution in [0.5, 0.6) is 11.5 Å². The Balaban J connectivity index is 1.99. The maximum absolute atomic E-state index is 11.5. The van der Waals surface area contributed by atoms with E-state index in [4.69, 9.17) is 9.47 Å². The molecule has 1 heterocycles. The molecule has 0 radical (unpaired) electrons. The van der Waals surface area contributed by atoms with E-state index >= 15 is 0 Å². The van der Waals surface area contributed by atoms with Crippen molar-refractivity contribution in [3.63, 3.8) is 0 Å². The quantitative estimate of drug-likeness (QED) is 0.818. The summed E-state index contributed by atoms with van der Waals surface area (Å²) < 4.78 is 10.5. The largest absolute Gasteiger partial charge is 0.493 e. The molecule has 0 spiro atoms. The normalized spacial score (nSPS) is 10.3. The molecule has 0 aliphatic carbocycles. The van der Waals surface area contributed by atoms with Gasteiger partial charge in [-0.2, -0.15) is 0 Å². The van der Waals surface area contributed by atoms with Crippen molar-refractivity contribution in [3.8, 4) is 11.5 Å². The van der Waals surface area contributed by atoms with Gasteiger partial charge >= 0.3 is 0 Å². The molecule has 0 bridgehead atoms. The lowest BCUT2D eigenvalue weighted by Crippen LogP contribution is -2.15. The van der Waals surface area contributed by atoms with E-state index < -0.39 is 0 Å². The fraction of sp³-hybridized carbons (Fsp3) is 0.375. The Bertz CT molecular complexity index is 683. The van der Waals surface area contributed by atoms with Crippen molar-refractivity contribution >= 4 is 5.95 Å². The van der Waals surface area contributed by atoms with Gasteiger partial charge in [-0.05, 0) is 30.5 Å². The lowest BCUT2D eigenvalue weighted by Gasteiger charge is -2.10. The third-order valence-corrected chi connectivity index (χ3v) is 3.31. The lowest BCUT2D eigenvalue weighted by atomic mass is 10.1. The molecule has 2 rings (SSSR count). The van der Waals surface area contributed by atoms with Gasteiger partial charge in [0.05, 0.1) is 14.2 Å². The number of rotatable bonds is 7. The maximum Gasteiger partial charge on any atom is 0.252 e. The average molecular weight is 303 g/mol. The molecule has 0 fully saturated rings. The SMILES string of the molecule is CCc1cc(=O)[nH]c(NCCc2ccc(OC)c(OC)c2)n1. The van der Waals surface area contributed by atoms with Crippen molar-refractivity contribution < 1.29 is 9.47 Å². The third kappa shape index (κ3) is 4.00. The van der Waals surface area contributed by atoms with Crippen LogP contribution < -0.4 is 20.3 Å². The van der Waals surface area contributed by atoms with E-state index in [1.165, 1.54) is 6.07 Å². The number of hydrogen-bond acceptors (Lipinski definition) is 5. The van der Waals surface area contributed by atoms with Crippen molar-refractivity contribution in [2.75, 3.05) is 26.1 Å². The molecule has 2 aromatic rings. The zero-order valence-electron chi connectivity index (χ0n) is 13.1. The maximum atomic E-state index is 11.5. The molecular weight excluding hydrogens is 282 g/mol. The fourth-order valence-corrected chi connectivity index (χ4v) is 2.13. The fourth-order valence-electron chi connectivity index (χ4n) is 2.13. The average Bonchev–Trinajstić information content (AvgIpc) is 2.54. The number of benzene rings is 1. The van der Waals surface area contributed by atoms with Gasteiger partial charge in [-0.1, -0.05) is 13.0 Å². The highest BCUT2D eigenvalue weighted by molar-refractivity contribution is 5.43. The van der Waals surface area contributed by atoms with E-state index in [1.807, 2.05) is 25.1 Å². The van der Waals surface area contributed by atoms with E-state index in [1.54, 1.807) is 14.2 Å². The molecule has 6 heteroatoms. The number of aromatic nitrogens is 2. The van der Waals surface area contributed by atoms with Crippen molar-refractivity contribution in [2.45, 2.75) is 19.8 Å². The standard InChI is InChI=1S/C16H21N3O3/c1-4-12-10-15(20)19-16(18-12)17-8-7-11-5-6-13(21-2)14(9-11)22-3/h5-6,9-10H,4,7-8H2,1-3H3,(H2,17,18,19,20). The molecule has 0 aliphatic rings. The first-order valence-electron chi connectivity index (χ1n) is 7.21. The summed E-state index contributed by atoms with van der Waals surface area (Å²) in [5, 5.41) is 3.14. The minimum atomic E-state index is -0.138. The van der Waals surface area contributed by atoms with Gasteiger partial charge in [0.2, 0.25) is 5.95 Å². The molecule has 1 aromatic carbocycles. The first-order valence-corrected chi connectivity index (χ1v) is 7.21. The minimum absolute atomic E-state index is 0.138. The third-order valence-electron chi connectivity index (χ3n) is 3.31. The molecule has 0 unspecified atom stereocenters. The van der Waals surface area contributed by atoms with Gasteiger partial charge in [0.1, 0.15) is 0 Å². The number of aryl methyl sites for hydroxylation is 1. The van der Waals surface area contributed by atoms with Gasteiger partial charge < -0.3 is 14.8 Å². The highest BCUT2D eigenvalue weighted by atomic mass is 16.5. The van der Waals surface area contributed by atoms with Gasteiger partial charge in [0.25, 0.3) is 5.56 Å². The number of hydrogen-bond donors (Lipinski definition) is 2. The monoisotopic (exact) mass is 303 g/mol. The van der Waals surface area contributed by atoms with Gasteiger partial charge in [-0.25, -0.2) is 4.98 Å². The second-order valence-corrected chi connectivity index (χ2v) is 4.81. The smallest absolute Gasteiger partial charge is 0.252 e. The Morgan fingerprint density at radius 3 is 2.64 bits per heavy atom. The van der Waals surface area contributed by atoms with E-state index in [0.717, 1.165) is 24.1 Å². The molecule has 0 aliphatic heterocycles. The van der Waals surface area contributed by atoms with Gasteiger partial charge in [-0.3, -0.25) is 9.78 Å². The summed E-state index contributed by atoms with van der Waals surface area (Å²) in [6.07, 6.45) is 1.51. The van der Waals surface area contributed by atoms with Crippen LogP contribution in [0.2, 0.25) is 0 Å². The Hall–Kier alpha value is -2.50. The Morgan fingerprint density at radius 2 is 1.95 bits per heavy atom. The molecule has 0 amide bonds. The summed E-state index contributed by atoms with van der Waals surface area (Å²) in [7, 11) is 3.23. The first kappa shape index (κ1) is 15.9. The topological polar surface area (TPSA) is 76.2 Å². The number of ether oxygens (including phenoxy) is 2. The predicted octanol–water partition coefficient (Wildman–Crippen LogP) is 2.00. The van der Waals surface area contributed by atoms with Crippen LogP contribution in [0.15, 0.2) is 29.1 Å².